The summed E-state index contributed by atoms with van der Waals surface area (Å²) >= 11 is 0. The number of nitrogens with one attached hydrogen (secondary N) is 1. The Morgan fingerprint density at radius 2 is 1.67 bits per heavy atom. The summed E-state index contributed by atoms with van der Waals surface area (Å²) in [5.41, 5.74) is 2.98. The lowest BCUT2D eigenvalue weighted by Crippen LogP contribution is -2.41. The van der Waals surface area contributed by atoms with Crippen molar-refractivity contribution in [3.63, 3.8) is 0 Å². The third kappa shape index (κ3) is 6.51. The summed E-state index contributed by atoms with van der Waals surface area (Å²) in [5, 5.41) is 3.30. The molecule has 0 saturated carbocycles. The first kappa shape index (κ1) is 14.4. The lowest BCUT2D eigenvalue weighted by molar-refractivity contribution is 0.346. The zero-order chi connectivity index (χ0) is 11.7. The SMILES string of the molecule is CC.CC/C(C)=C\C=C(/C)CC1CNC1. The highest BCUT2D eigenvalue weighted by molar-refractivity contribution is 5.15. The molecule has 1 heterocycles. The summed E-state index contributed by atoms with van der Waals surface area (Å²) in [6, 6.07) is 0. The standard InChI is InChI=1S/C12H21N.C2H6/c1-4-10(2)5-6-11(3)7-12-8-13-9-12;1-2/h5-6,12-13H,4,7-9H2,1-3H3;1-2H3/b10-5-,11-6+;. The van der Waals surface area contributed by atoms with E-state index in [2.05, 4.69) is 38.2 Å². The smallest absolute Gasteiger partial charge is 0.000518 e. The Labute approximate surface area is 95.7 Å². The summed E-state index contributed by atoms with van der Waals surface area (Å²) in [5.74, 6) is 0.895. The first-order chi connectivity index (χ1) is 7.22. The van der Waals surface area contributed by atoms with Crippen molar-refractivity contribution < 1.29 is 0 Å². The third-order valence-corrected chi connectivity index (χ3v) is 2.69. The molecule has 15 heavy (non-hydrogen) atoms. The van der Waals surface area contributed by atoms with Gasteiger partial charge in [-0.1, -0.05) is 44.1 Å². The van der Waals surface area contributed by atoms with Gasteiger partial charge in [-0.15, -0.1) is 0 Å². The van der Waals surface area contributed by atoms with Gasteiger partial charge in [-0.3, -0.25) is 0 Å². The first-order valence-corrected chi connectivity index (χ1v) is 6.26. The topological polar surface area (TPSA) is 12.0 Å². The number of rotatable bonds is 4. The normalized spacial score (nSPS) is 17.9. The molecule has 0 aliphatic carbocycles. The van der Waals surface area contributed by atoms with Gasteiger partial charge in [0.05, 0.1) is 0 Å². The molecule has 1 rings (SSSR count). The van der Waals surface area contributed by atoms with E-state index in [4.69, 9.17) is 0 Å². The van der Waals surface area contributed by atoms with Gasteiger partial charge in [-0.05, 0) is 45.7 Å². The zero-order valence-electron chi connectivity index (χ0n) is 11.1. The summed E-state index contributed by atoms with van der Waals surface area (Å²) in [4.78, 5) is 0. The molecule has 0 radical (unpaired) electrons. The number of hydrogen-bond donors (Lipinski definition) is 1. The second-order valence-corrected chi connectivity index (χ2v) is 4.11. The van der Waals surface area contributed by atoms with E-state index in [-0.39, 0.29) is 0 Å². The van der Waals surface area contributed by atoms with Crippen LogP contribution in [0.25, 0.3) is 0 Å². The van der Waals surface area contributed by atoms with Gasteiger partial charge >= 0.3 is 0 Å². The van der Waals surface area contributed by atoms with E-state index in [1.165, 1.54) is 30.7 Å². The van der Waals surface area contributed by atoms with Crippen molar-refractivity contribution in [3.05, 3.63) is 23.3 Å². The van der Waals surface area contributed by atoms with Crippen LogP contribution in [0.5, 0.6) is 0 Å². The molecule has 0 aromatic heterocycles. The van der Waals surface area contributed by atoms with Crippen LogP contribution in [0.15, 0.2) is 23.3 Å². The van der Waals surface area contributed by atoms with Crippen molar-refractivity contribution in [2.75, 3.05) is 13.1 Å². The fourth-order valence-corrected chi connectivity index (χ4v) is 1.42. The van der Waals surface area contributed by atoms with E-state index >= 15 is 0 Å². The van der Waals surface area contributed by atoms with Crippen LogP contribution in [0.3, 0.4) is 0 Å². The molecule has 1 nitrogen and oxygen atoms in total. The Hall–Kier alpha value is -0.560. The van der Waals surface area contributed by atoms with Crippen molar-refractivity contribution in [1.82, 2.24) is 5.32 Å². The molecule has 1 aliphatic rings. The van der Waals surface area contributed by atoms with Crippen LogP contribution in [0.1, 0.15) is 47.5 Å². The molecule has 1 N–H and O–H groups in total. The lowest BCUT2D eigenvalue weighted by atomic mass is 9.95. The van der Waals surface area contributed by atoms with Gasteiger partial charge < -0.3 is 5.32 Å². The zero-order valence-corrected chi connectivity index (χ0v) is 11.1. The third-order valence-electron chi connectivity index (χ3n) is 2.69. The van der Waals surface area contributed by atoms with Crippen LogP contribution in [0.2, 0.25) is 0 Å². The monoisotopic (exact) mass is 209 g/mol. The van der Waals surface area contributed by atoms with Gasteiger partial charge in [0.2, 0.25) is 0 Å². The maximum atomic E-state index is 3.30. The molecular formula is C14H27N. The first-order valence-electron chi connectivity index (χ1n) is 6.26. The molecule has 0 bridgehead atoms. The second-order valence-electron chi connectivity index (χ2n) is 4.11. The van der Waals surface area contributed by atoms with E-state index < -0.39 is 0 Å². The summed E-state index contributed by atoms with van der Waals surface area (Å²) in [6.07, 6.45) is 6.95. The van der Waals surface area contributed by atoms with Crippen LogP contribution >= 0.6 is 0 Å². The minimum Gasteiger partial charge on any atom is -0.316 e. The van der Waals surface area contributed by atoms with Crippen molar-refractivity contribution >= 4 is 0 Å². The van der Waals surface area contributed by atoms with Gasteiger partial charge in [-0.25, -0.2) is 0 Å². The van der Waals surface area contributed by atoms with Crippen LogP contribution in [-0.2, 0) is 0 Å². The largest absolute Gasteiger partial charge is 0.316 e. The molecule has 1 heteroatoms. The predicted octanol–water partition coefficient (Wildman–Crippen LogP) is 3.92. The molecular weight excluding hydrogens is 182 g/mol. The highest BCUT2D eigenvalue weighted by atomic mass is 14.9. The summed E-state index contributed by atoms with van der Waals surface area (Å²) in [7, 11) is 0. The molecule has 0 aromatic carbocycles. The molecule has 0 unspecified atom stereocenters. The summed E-state index contributed by atoms with van der Waals surface area (Å²) in [6.45, 7) is 13.0. The van der Waals surface area contributed by atoms with E-state index in [1.807, 2.05) is 13.8 Å². The molecule has 0 atom stereocenters. The average molecular weight is 209 g/mol. The van der Waals surface area contributed by atoms with Crippen LogP contribution in [0.4, 0.5) is 0 Å². The Morgan fingerprint density at radius 1 is 1.13 bits per heavy atom. The predicted molar refractivity (Wildman–Crippen MR) is 70.1 cm³/mol. The fraction of sp³-hybridized carbons (Fsp3) is 0.714. The van der Waals surface area contributed by atoms with E-state index in [0.29, 0.717) is 0 Å². The van der Waals surface area contributed by atoms with Crippen LogP contribution in [0, 0.1) is 5.92 Å². The molecule has 0 amide bonds. The average Bonchev–Trinajstić information content (AvgIpc) is 2.23. The Bertz CT molecular complexity index is 209. The Kier molecular flexibility index (Phi) is 8.40. The minimum atomic E-state index is 0.895. The van der Waals surface area contributed by atoms with Crippen molar-refractivity contribution in [2.45, 2.75) is 47.5 Å². The highest BCUT2D eigenvalue weighted by Crippen LogP contribution is 2.15. The van der Waals surface area contributed by atoms with E-state index in [0.717, 1.165) is 12.3 Å². The van der Waals surface area contributed by atoms with Gasteiger partial charge in [0.1, 0.15) is 0 Å². The second kappa shape index (κ2) is 8.72. The quantitative estimate of drug-likeness (QED) is 0.692. The van der Waals surface area contributed by atoms with E-state index in [9.17, 15) is 0 Å². The Balaban J connectivity index is 0.000000921. The maximum absolute atomic E-state index is 3.30. The van der Waals surface area contributed by atoms with Crippen LogP contribution < -0.4 is 5.32 Å². The van der Waals surface area contributed by atoms with Crippen molar-refractivity contribution in [3.8, 4) is 0 Å². The summed E-state index contributed by atoms with van der Waals surface area (Å²) < 4.78 is 0. The van der Waals surface area contributed by atoms with Gasteiger partial charge in [0.15, 0.2) is 0 Å². The molecule has 0 aromatic rings. The molecule has 88 valence electrons. The van der Waals surface area contributed by atoms with Crippen LogP contribution in [-0.4, -0.2) is 13.1 Å². The molecule has 1 saturated heterocycles. The van der Waals surface area contributed by atoms with Gasteiger partial charge in [-0.2, -0.15) is 0 Å². The van der Waals surface area contributed by atoms with Gasteiger partial charge in [0, 0.05) is 0 Å². The highest BCUT2D eigenvalue weighted by Gasteiger charge is 2.15. The van der Waals surface area contributed by atoms with Crippen molar-refractivity contribution in [2.24, 2.45) is 5.92 Å². The number of allylic oxidation sites excluding steroid dienone is 4. The molecule has 0 spiro atoms. The maximum Gasteiger partial charge on any atom is -0.000518 e. The van der Waals surface area contributed by atoms with E-state index in [1.54, 1.807) is 0 Å². The van der Waals surface area contributed by atoms with Crippen molar-refractivity contribution in [1.29, 1.82) is 0 Å². The lowest BCUT2D eigenvalue weighted by Gasteiger charge is -2.27. The Morgan fingerprint density at radius 3 is 2.07 bits per heavy atom. The van der Waals surface area contributed by atoms with Gasteiger partial charge in [0.25, 0.3) is 0 Å². The molecule has 1 aliphatic heterocycles. The fourth-order valence-electron chi connectivity index (χ4n) is 1.42. The number of hydrogen-bond acceptors (Lipinski definition) is 1. The minimum absolute atomic E-state index is 0.895. The molecule has 1 fully saturated rings.